The molecular formula is C11H9NO4S. The third-order valence-corrected chi connectivity index (χ3v) is 3.14. The predicted octanol–water partition coefficient (Wildman–Crippen LogP) is -0.693. The van der Waals surface area contributed by atoms with Gasteiger partial charge in [-0.15, -0.1) is 0 Å². The lowest BCUT2D eigenvalue weighted by molar-refractivity contribution is -0.146. The zero-order valence-electron chi connectivity index (χ0n) is 8.57. The summed E-state index contributed by atoms with van der Waals surface area (Å²) in [6.45, 7) is 0. The molecule has 0 spiro atoms. The van der Waals surface area contributed by atoms with Crippen molar-refractivity contribution < 1.29 is 19.8 Å². The van der Waals surface area contributed by atoms with E-state index in [0.29, 0.717) is 10.6 Å². The van der Waals surface area contributed by atoms with E-state index in [1.54, 1.807) is 24.3 Å². The molecule has 2 atom stereocenters. The molecule has 88 valence electrons. The maximum atomic E-state index is 11.2. The van der Waals surface area contributed by atoms with Gasteiger partial charge < -0.3 is 10.2 Å². The second-order valence-electron chi connectivity index (χ2n) is 3.70. The van der Waals surface area contributed by atoms with E-state index in [-0.39, 0.29) is 0 Å². The van der Waals surface area contributed by atoms with Gasteiger partial charge in [-0.05, 0) is 17.4 Å². The Labute approximate surface area is 102 Å². The zero-order chi connectivity index (χ0) is 12.6. The normalized spacial score (nSPS) is 26.3. The van der Waals surface area contributed by atoms with Gasteiger partial charge in [0, 0.05) is 0 Å². The highest BCUT2D eigenvalue weighted by Crippen LogP contribution is 2.26. The molecule has 1 aliphatic rings. The molecule has 0 aromatic heterocycles. The molecule has 0 aliphatic carbocycles. The molecule has 0 bridgehead atoms. The van der Waals surface area contributed by atoms with Gasteiger partial charge in [0.2, 0.25) is 0 Å². The minimum Gasteiger partial charge on any atom is -0.480 e. The molecule has 2 rings (SSSR count). The number of hydrogen-bond acceptors (Lipinski definition) is 4. The summed E-state index contributed by atoms with van der Waals surface area (Å²) >= 11 is 3.97. The van der Waals surface area contributed by atoms with Crippen LogP contribution in [-0.2, 0) is 9.59 Å². The zero-order valence-corrected chi connectivity index (χ0v) is 9.46. The van der Waals surface area contributed by atoms with Crippen molar-refractivity contribution in [3.05, 3.63) is 34.8 Å². The predicted molar refractivity (Wildman–Crippen MR) is 62.5 cm³/mol. The van der Waals surface area contributed by atoms with Crippen molar-refractivity contribution in [2.75, 3.05) is 0 Å². The SMILES string of the molecule is O=C(O)C1N=c2ccccc2=CC1(S)C(=O)O. The first-order valence-electron chi connectivity index (χ1n) is 4.79. The molecule has 0 amide bonds. The van der Waals surface area contributed by atoms with Crippen molar-refractivity contribution in [3.63, 3.8) is 0 Å². The molecule has 0 saturated heterocycles. The highest BCUT2D eigenvalue weighted by Gasteiger charge is 2.46. The van der Waals surface area contributed by atoms with Crippen LogP contribution in [0.4, 0.5) is 0 Å². The molecule has 1 aromatic carbocycles. The van der Waals surface area contributed by atoms with E-state index >= 15 is 0 Å². The number of fused-ring (bicyclic) bond motifs is 1. The van der Waals surface area contributed by atoms with Crippen molar-refractivity contribution in [2.24, 2.45) is 4.99 Å². The van der Waals surface area contributed by atoms with E-state index in [2.05, 4.69) is 17.6 Å². The van der Waals surface area contributed by atoms with Crippen LogP contribution in [0.5, 0.6) is 0 Å². The summed E-state index contributed by atoms with van der Waals surface area (Å²) in [7, 11) is 0. The minimum absolute atomic E-state index is 0.464. The molecule has 0 radical (unpaired) electrons. The van der Waals surface area contributed by atoms with Crippen LogP contribution in [0.1, 0.15) is 0 Å². The Bertz CT molecular complexity index is 612. The number of carbonyl (C=O) groups is 2. The van der Waals surface area contributed by atoms with Crippen LogP contribution < -0.4 is 10.6 Å². The lowest BCUT2D eigenvalue weighted by Gasteiger charge is -2.26. The standard InChI is InChI=1S/C11H9NO4S/c13-9(14)8-11(17,10(15)16)5-6-3-1-2-4-7(6)12-8/h1-5,8,17H,(H,13,14)(H,15,16). The Hall–Kier alpha value is -1.82. The number of rotatable bonds is 2. The summed E-state index contributed by atoms with van der Waals surface area (Å²) < 4.78 is -1.82. The lowest BCUT2D eigenvalue weighted by Crippen LogP contribution is -2.52. The average molecular weight is 251 g/mol. The fourth-order valence-electron chi connectivity index (χ4n) is 1.70. The number of thiol groups is 1. The second-order valence-corrected chi connectivity index (χ2v) is 4.44. The maximum absolute atomic E-state index is 11.2. The molecule has 5 nitrogen and oxygen atoms in total. The van der Waals surface area contributed by atoms with E-state index in [1.807, 2.05) is 0 Å². The molecule has 1 heterocycles. The Morgan fingerprint density at radius 1 is 1.29 bits per heavy atom. The Morgan fingerprint density at radius 2 is 1.94 bits per heavy atom. The lowest BCUT2D eigenvalue weighted by atomic mass is 9.95. The van der Waals surface area contributed by atoms with Crippen molar-refractivity contribution in [3.8, 4) is 0 Å². The monoisotopic (exact) mass is 251 g/mol. The fraction of sp³-hybridized carbons (Fsp3) is 0.182. The number of benzene rings is 1. The van der Waals surface area contributed by atoms with E-state index in [9.17, 15) is 9.59 Å². The van der Waals surface area contributed by atoms with Gasteiger partial charge in [0.1, 0.15) is 0 Å². The maximum Gasteiger partial charge on any atom is 0.330 e. The number of aliphatic carboxylic acids is 2. The largest absolute Gasteiger partial charge is 0.480 e. The van der Waals surface area contributed by atoms with E-state index in [1.165, 1.54) is 6.08 Å². The van der Waals surface area contributed by atoms with Crippen LogP contribution in [0.2, 0.25) is 0 Å². The fourth-order valence-corrected chi connectivity index (χ4v) is 2.01. The topological polar surface area (TPSA) is 87.0 Å². The Morgan fingerprint density at radius 3 is 2.53 bits per heavy atom. The van der Waals surface area contributed by atoms with Gasteiger partial charge in [-0.2, -0.15) is 12.6 Å². The van der Waals surface area contributed by atoms with Gasteiger partial charge in [-0.1, -0.05) is 18.2 Å². The molecule has 0 fully saturated rings. The first-order chi connectivity index (χ1) is 7.95. The molecule has 2 N–H and O–H groups in total. The number of nitrogens with zero attached hydrogens (tertiary/aromatic N) is 1. The number of hydrogen-bond donors (Lipinski definition) is 3. The summed E-state index contributed by atoms with van der Waals surface area (Å²) in [6.07, 6.45) is 1.32. The highest BCUT2D eigenvalue weighted by molar-refractivity contribution is 7.83. The summed E-state index contributed by atoms with van der Waals surface area (Å²) in [5.74, 6) is -2.64. The molecule has 1 aliphatic heterocycles. The quantitative estimate of drug-likeness (QED) is 0.607. The first kappa shape index (κ1) is 11.7. The van der Waals surface area contributed by atoms with Crippen molar-refractivity contribution in [1.29, 1.82) is 0 Å². The van der Waals surface area contributed by atoms with Crippen LogP contribution in [0, 0.1) is 0 Å². The van der Waals surface area contributed by atoms with E-state index in [4.69, 9.17) is 10.2 Å². The van der Waals surface area contributed by atoms with Crippen LogP contribution in [0.3, 0.4) is 0 Å². The third-order valence-electron chi connectivity index (χ3n) is 2.57. The first-order valence-corrected chi connectivity index (χ1v) is 5.24. The Balaban J connectivity index is 2.75. The second kappa shape index (κ2) is 3.89. The summed E-state index contributed by atoms with van der Waals surface area (Å²) in [6, 6.07) is 5.31. The Kier molecular flexibility index (Phi) is 2.66. The molecule has 0 saturated carbocycles. The van der Waals surface area contributed by atoms with Gasteiger partial charge in [0.15, 0.2) is 10.8 Å². The molecular weight excluding hydrogens is 242 g/mol. The molecule has 17 heavy (non-hydrogen) atoms. The molecule has 6 heteroatoms. The van der Waals surface area contributed by atoms with Gasteiger partial charge in [0.05, 0.1) is 5.36 Å². The van der Waals surface area contributed by atoms with Gasteiger partial charge in [-0.25, -0.2) is 4.79 Å². The van der Waals surface area contributed by atoms with Crippen LogP contribution in [0.15, 0.2) is 29.3 Å². The summed E-state index contributed by atoms with van der Waals surface area (Å²) in [4.78, 5) is 26.2. The van der Waals surface area contributed by atoms with E-state index < -0.39 is 22.7 Å². The van der Waals surface area contributed by atoms with Crippen LogP contribution in [0.25, 0.3) is 6.08 Å². The van der Waals surface area contributed by atoms with Crippen LogP contribution in [-0.4, -0.2) is 32.9 Å². The minimum atomic E-state index is -1.82. The molecule has 2 unspecified atom stereocenters. The van der Waals surface area contributed by atoms with Crippen molar-refractivity contribution in [1.82, 2.24) is 0 Å². The van der Waals surface area contributed by atoms with Gasteiger partial charge in [0.25, 0.3) is 0 Å². The number of carboxylic acid groups (broad SMARTS) is 2. The van der Waals surface area contributed by atoms with Crippen molar-refractivity contribution >= 4 is 30.6 Å². The van der Waals surface area contributed by atoms with E-state index in [0.717, 1.165) is 0 Å². The van der Waals surface area contributed by atoms with Crippen LogP contribution >= 0.6 is 12.6 Å². The highest BCUT2D eigenvalue weighted by atomic mass is 32.1. The smallest absolute Gasteiger partial charge is 0.330 e. The molecule has 1 aromatic rings. The number of carboxylic acids is 2. The summed E-state index contributed by atoms with van der Waals surface area (Å²) in [5, 5.41) is 19.2. The van der Waals surface area contributed by atoms with Gasteiger partial charge in [-0.3, -0.25) is 9.79 Å². The third kappa shape index (κ3) is 1.80. The average Bonchev–Trinajstić information content (AvgIpc) is 2.27. The van der Waals surface area contributed by atoms with Gasteiger partial charge >= 0.3 is 11.9 Å². The summed E-state index contributed by atoms with van der Waals surface area (Å²) in [5.41, 5.74) is 0. The van der Waals surface area contributed by atoms with Crippen molar-refractivity contribution in [2.45, 2.75) is 10.8 Å². The number of para-hydroxylation sites is 1.